The van der Waals surface area contributed by atoms with Crippen molar-refractivity contribution in [2.75, 3.05) is 12.4 Å². The van der Waals surface area contributed by atoms with Gasteiger partial charge in [0.2, 0.25) is 10.0 Å². The minimum atomic E-state index is -3.78. The lowest BCUT2D eigenvalue weighted by Crippen LogP contribution is -2.31. The quantitative estimate of drug-likeness (QED) is 0.573. The average molecular weight is 469 g/mol. The Morgan fingerprint density at radius 2 is 1.77 bits per heavy atom. The molecule has 0 spiro atoms. The van der Waals surface area contributed by atoms with E-state index in [-0.39, 0.29) is 16.5 Å². The smallest absolute Gasteiger partial charge is 0.338 e. The summed E-state index contributed by atoms with van der Waals surface area (Å²) in [6.07, 6.45) is -1.15. The van der Waals surface area contributed by atoms with E-state index >= 15 is 0 Å². The second-order valence-corrected chi connectivity index (χ2v) is 9.26. The third kappa shape index (κ3) is 6.43. The largest absolute Gasteiger partial charge is 0.495 e. The molecule has 0 aliphatic carbocycles. The lowest BCUT2D eigenvalue weighted by molar-refractivity contribution is -0.123. The molecule has 2 rings (SSSR count). The van der Waals surface area contributed by atoms with Gasteiger partial charge in [-0.2, -0.15) is 0 Å². The number of sulfonamides is 1. The molecular weight excluding hydrogens is 444 g/mol. The first-order valence-electron chi connectivity index (χ1n) is 9.43. The number of aryl methyl sites for hydroxylation is 1. The Kier molecular flexibility index (Phi) is 8.05. The van der Waals surface area contributed by atoms with Gasteiger partial charge in [-0.1, -0.05) is 17.7 Å². The Balaban J connectivity index is 2.13. The molecular formula is C21H25ClN2O6S. The molecule has 1 atom stereocenters. The van der Waals surface area contributed by atoms with Gasteiger partial charge in [0, 0.05) is 17.1 Å². The summed E-state index contributed by atoms with van der Waals surface area (Å²) in [6.45, 7) is 6.56. The molecule has 0 aromatic heterocycles. The molecule has 0 saturated heterocycles. The van der Waals surface area contributed by atoms with Crippen molar-refractivity contribution in [1.82, 2.24) is 4.72 Å². The normalized spacial score (nSPS) is 12.4. The van der Waals surface area contributed by atoms with Gasteiger partial charge in [-0.3, -0.25) is 4.79 Å². The number of amides is 1. The minimum Gasteiger partial charge on any atom is -0.495 e. The molecule has 0 heterocycles. The highest BCUT2D eigenvalue weighted by Crippen LogP contribution is 2.31. The first-order valence-corrected chi connectivity index (χ1v) is 11.3. The van der Waals surface area contributed by atoms with Gasteiger partial charge in [-0.05, 0) is 57.5 Å². The van der Waals surface area contributed by atoms with Crippen LogP contribution in [0.4, 0.5) is 5.69 Å². The molecule has 0 aliphatic rings. The van der Waals surface area contributed by atoms with E-state index in [4.69, 9.17) is 21.1 Å². The van der Waals surface area contributed by atoms with Gasteiger partial charge >= 0.3 is 5.97 Å². The highest BCUT2D eigenvalue weighted by atomic mass is 35.5. The van der Waals surface area contributed by atoms with Crippen LogP contribution < -0.4 is 14.8 Å². The lowest BCUT2D eigenvalue weighted by Gasteiger charge is -2.16. The van der Waals surface area contributed by atoms with Crippen LogP contribution in [-0.4, -0.2) is 39.5 Å². The summed E-state index contributed by atoms with van der Waals surface area (Å²) in [4.78, 5) is 24.9. The maximum absolute atomic E-state index is 12.5. The molecule has 0 aliphatic heterocycles. The average Bonchev–Trinajstić information content (AvgIpc) is 2.69. The predicted octanol–water partition coefficient (Wildman–Crippen LogP) is 3.53. The first-order chi connectivity index (χ1) is 14.4. The fourth-order valence-corrected chi connectivity index (χ4v) is 4.07. The van der Waals surface area contributed by atoms with Crippen LogP contribution in [0.15, 0.2) is 41.3 Å². The van der Waals surface area contributed by atoms with Gasteiger partial charge in [0.15, 0.2) is 6.10 Å². The van der Waals surface area contributed by atoms with Gasteiger partial charge in [0.1, 0.15) is 5.75 Å². The molecule has 0 fully saturated rings. The van der Waals surface area contributed by atoms with E-state index in [1.165, 1.54) is 38.3 Å². The molecule has 1 unspecified atom stereocenters. The fourth-order valence-electron chi connectivity index (χ4n) is 2.61. The molecule has 0 bridgehead atoms. The Bertz CT molecular complexity index is 1090. The number of anilines is 1. The van der Waals surface area contributed by atoms with Crippen molar-refractivity contribution in [3.63, 3.8) is 0 Å². The molecule has 31 heavy (non-hydrogen) atoms. The molecule has 0 radical (unpaired) electrons. The molecule has 2 N–H and O–H groups in total. The molecule has 2 aromatic rings. The van der Waals surface area contributed by atoms with E-state index in [1.807, 2.05) is 0 Å². The van der Waals surface area contributed by atoms with Gasteiger partial charge in [-0.15, -0.1) is 0 Å². The van der Waals surface area contributed by atoms with Gasteiger partial charge < -0.3 is 14.8 Å². The van der Waals surface area contributed by atoms with Crippen molar-refractivity contribution in [2.24, 2.45) is 0 Å². The number of carbonyl (C=O) groups excluding carboxylic acids is 2. The summed E-state index contributed by atoms with van der Waals surface area (Å²) >= 11 is 6.06. The predicted molar refractivity (Wildman–Crippen MR) is 118 cm³/mol. The summed E-state index contributed by atoms with van der Waals surface area (Å²) in [7, 11) is -2.34. The van der Waals surface area contributed by atoms with Crippen LogP contribution >= 0.6 is 11.6 Å². The molecule has 2 aromatic carbocycles. The number of ether oxygens (including phenoxy) is 2. The number of benzene rings is 2. The fraction of sp³-hybridized carbons (Fsp3) is 0.333. The van der Waals surface area contributed by atoms with Crippen molar-refractivity contribution in [3.05, 3.63) is 52.5 Å². The Morgan fingerprint density at radius 3 is 2.39 bits per heavy atom. The van der Waals surface area contributed by atoms with Crippen LogP contribution in [0, 0.1) is 6.92 Å². The van der Waals surface area contributed by atoms with Crippen LogP contribution in [-0.2, 0) is 19.6 Å². The lowest BCUT2D eigenvalue weighted by atomic mass is 10.2. The van der Waals surface area contributed by atoms with E-state index in [0.29, 0.717) is 16.5 Å². The number of halogens is 1. The van der Waals surface area contributed by atoms with E-state index in [9.17, 15) is 18.0 Å². The van der Waals surface area contributed by atoms with Crippen molar-refractivity contribution in [3.8, 4) is 5.75 Å². The van der Waals surface area contributed by atoms with Gasteiger partial charge in [0.05, 0.1) is 23.3 Å². The number of hydrogen-bond acceptors (Lipinski definition) is 6. The highest BCUT2D eigenvalue weighted by Gasteiger charge is 2.22. The number of hydrogen-bond donors (Lipinski definition) is 2. The second kappa shape index (κ2) is 10.1. The van der Waals surface area contributed by atoms with Crippen molar-refractivity contribution in [2.45, 2.75) is 44.7 Å². The number of rotatable bonds is 8. The number of carbonyl (C=O) groups is 2. The summed E-state index contributed by atoms with van der Waals surface area (Å²) in [5, 5.41) is 3.12. The van der Waals surface area contributed by atoms with Crippen LogP contribution in [0.1, 0.15) is 36.7 Å². The second-order valence-electron chi connectivity index (χ2n) is 7.14. The van der Waals surface area contributed by atoms with Crippen molar-refractivity contribution < 1.29 is 27.5 Å². The zero-order valence-corrected chi connectivity index (χ0v) is 19.4. The van der Waals surface area contributed by atoms with E-state index in [2.05, 4.69) is 10.0 Å². The van der Waals surface area contributed by atoms with Crippen LogP contribution in [0.5, 0.6) is 5.75 Å². The zero-order chi connectivity index (χ0) is 23.3. The number of methoxy groups -OCH3 is 1. The highest BCUT2D eigenvalue weighted by molar-refractivity contribution is 7.89. The molecule has 0 saturated carbocycles. The van der Waals surface area contributed by atoms with Crippen molar-refractivity contribution in [1.29, 1.82) is 0 Å². The van der Waals surface area contributed by atoms with E-state index in [1.54, 1.807) is 32.9 Å². The Morgan fingerprint density at radius 1 is 1.10 bits per heavy atom. The summed E-state index contributed by atoms with van der Waals surface area (Å²) in [6, 6.07) is 8.31. The number of esters is 1. The standard InChI is InChI=1S/C21H25ClN2O6S/c1-12(2)24-31(27,28)16-8-6-7-15(10-16)21(26)30-14(4)20(25)23-18-9-13(3)17(22)11-19(18)29-5/h6-12,14,24H,1-5H3,(H,23,25). The van der Waals surface area contributed by atoms with E-state index < -0.39 is 28.0 Å². The van der Waals surface area contributed by atoms with E-state index in [0.717, 1.165) is 5.56 Å². The van der Waals surface area contributed by atoms with Crippen molar-refractivity contribution >= 4 is 39.2 Å². The Hall–Kier alpha value is -2.62. The molecule has 8 nitrogen and oxygen atoms in total. The van der Waals surface area contributed by atoms with Crippen LogP contribution in [0.2, 0.25) is 5.02 Å². The van der Waals surface area contributed by atoms with Crippen LogP contribution in [0.25, 0.3) is 0 Å². The minimum absolute atomic E-state index is 0.00574. The first kappa shape index (κ1) is 24.6. The molecule has 1 amide bonds. The monoisotopic (exact) mass is 468 g/mol. The maximum Gasteiger partial charge on any atom is 0.338 e. The summed E-state index contributed by atoms with van der Waals surface area (Å²) in [5.41, 5.74) is 1.12. The molecule has 168 valence electrons. The maximum atomic E-state index is 12.5. The topological polar surface area (TPSA) is 111 Å². The number of nitrogens with one attached hydrogen (secondary N) is 2. The third-order valence-electron chi connectivity index (χ3n) is 4.16. The Labute approximate surface area is 186 Å². The van der Waals surface area contributed by atoms with Gasteiger partial charge in [-0.25, -0.2) is 17.9 Å². The molecule has 10 heteroatoms. The summed E-state index contributed by atoms with van der Waals surface area (Å²) in [5.74, 6) is -1.06. The van der Waals surface area contributed by atoms with Crippen LogP contribution in [0.3, 0.4) is 0 Å². The summed E-state index contributed by atoms with van der Waals surface area (Å²) < 4.78 is 37.5. The third-order valence-corrected chi connectivity index (χ3v) is 6.23. The van der Waals surface area contributed by atoms with Gasteiger partial charge in [0.25, 0.3) is 5.91 Å². The zero-order valence-electron chi connectivity index (χ0n) is 17.9. The SMILES string of the molecule is COc1cc(Cl)c(C)cc1NC(=O)C(C)OC(=O)c1cccc(S(=O)(=O)NC(C)C)c1.